The second kappa shape index (κ2) is 13.4. The summed E-state index contributed by atoms with van der Waals surface area (Å²) in [5, 5.41) is 0. The molecule has 3 aliphatic rings. The van der Waals surface area contributed by atoms with Crippen molar-refractivity contribution >= 4 is 17.1 Å². The fourth-order valence-electron chi connectivity index (χ4n) is 11.6. The van der Waals surface area contributed by atoms with Crippen molar-refractivity contribution in [2.75, 3.05) is 4.90 Å². The lowest BCUT2D eigenvalue weighted by molar-refractivity contribution is 0.660. The minimum absolute atomic E-state index is 0.0770. The quantitative estimate of drug-likeness (QED) is 0.162. The van der Waals surface area contributed by atoms with Crippen LogP contribution in [-0.2, 0) is 16.2 Å². The largest absolute Gasteiger partial charge is 0.310 e. The van der Waals surface area contributed by atoms with Crippen LogP contribution in [0.15, 0.2) is 212 Å². The highest BCUT2D eigenvalue weighted by molar-refractivity contribution is 5.92. The Morgan fingerprint density at radius 2 is 0.677 bits per heavy atom. The van der Waals surface area contributed by atoms with Crippen LogP contribution in [0.1, 0.15) is 72.2 Å². The number of fused-ring (bicyclic) bond motifs is 9. The molecule has 0 saturated carbocycles. The minimum atomic E-state index is -0.506. The van der Waals surface area contributed by atoms with Crippen LogP contribution in [0.3, 0.4) is 0 Å². The summed E-state index contributed by atoms with van der Waals surface area (Å²) in [5.41, 5.74) is 23.7. The average Bonchev–Trinajstić information content (AvgIpc) is 3.84. The molecule has 0 bridgehead atoms. The van der Waals surface area contributed by atoms with Crippen LogP contribution in [0.5, 0.6) is 0 Å². The standard InChI is InChI=1S/C61H47N/c1-59(2)53-27-14-11-24-47(53)50-33-30-41(37-56(50)59)40-18-17-23-44(36-40)62(45-31-34-51-48-25-12-15-28-54(48)60(3,4)57(51)38-45)46-32-35-52-49-26-13-16-29-55(49)61(58(52)39-46,42-19-7-5-8-20-42)43-21-9-6-10-22-43/h5-39H,1-4H3. The summed E-state index contributed by atoms with van der Waals surface area (Å²) in [6.45, 7) is 9.48. The first-order valence-corrected chi connectivity index (χ1v) is 22.0. The Bertz CT molecular complexity index is 3200. The van der Waals surface area contributed by atoms with E-state index in [0.29, 0.717) is 0 Å². The number of anilines is 3. The Kier molecular flexibility index (Phi) is 7.91. The van der Waals surface area contributed by atoms with Gasteiger partial charge in [-0.25, -0.2) is 0 Å². The third-order valence-corrected chi connectivity index (χ3v) is 14.5. The van der Waals surface area contributed by atoms with Crippen LogP contribution in [-0.4, -0.2) is 0 Å². The lowest BCUT2D eigenvalue weighted by Crippen LogP contribution is -2.28. The topological polar surface area (TPSA) is 3.24 Å². The Labute approximate surface area is 365 Å². The fraction of sp³-hybridized carbons (Fsp3) is 0.115. The van der Waals surface area contributed by atoms with Gasteiger partial charge in [-0.15, -0.1) is 0 Å². The number of hydrogen-bond donors (Lipinski definition) is 0. The van der Waals surface area contributed by atoms with Gasteiger partial charge in [0, 0.05) is 27.9 Å². The normalized spacial score (nSPS) is 15.2. The van der Waals surface area contributed by atoms with Gasteiger partial charge in [-0.05, 0) is 131 Å². The maximum absolute atomic E-state index is 2.50. The van der Waals surface area contributed by atoms with Gasteiger partial charge in [-0.3, -0.25) is 0 Å². The van der Waals surface area contributed by atoms with E-state index in [0.717, 1.165) is 17.1 Å². The lowest BCUT2D eigenvalue weighted by Gasteiger charge is -2.35. The highest BCUT2D eigenvalue weighted by atomic mass is 15.1. The zero-order chi connectivity index (χ0) is 41.8. The van der Waals surface area contributed by atoms with Gasteiger partial charge in [0.15, 0.2) is 0 Å². The van der Waals surface area contributed by atoms with Gasteiger partial charge in [0.1, 0.15) is 0 Å². The highest BCUT2D eigenvalue weighted by Crippen LogP contribution is 2.58. The van der Waals surface area contributed by atoms with E-state index in [1.807, 2.05) is 0 Å². The SMILES string of the molecule is CC1(C)c2ccccc2-c2ccc(-c3cccc(N(c4ccc5c(c4)C(C)(C)c4ccccc4-5)c4ccc5c(c4)C(c4ccccc4)(c4ccccc4)c4ccccc4-5)c3)cc21. The number of nitrogens with zero attached hydrogens (tertiary/aromatic N) is 1. The van der Waals surface area contributed by atoms with Gasteiger partial charge < -0.3 is 4.90 Å². The lowest BCUT2D eigenvalue weighted by atomic mass is 9.67. The molecule has 0 saturated heterocycles. The molecule has 0 unspecified atom stereocenters. The van der Waals surface area contributed by atoms with Crippen molar-refractivity contribution in [3.8, 4) is 44.5 Å². The molecule has 9 aromatic carbocycles. The molecule has 12 rings (SSSR count). The molecule has 0 radical (unpaired) electrons. The summed E-state index contributed by atoms with van der Waals surface area (Å²) < 4.78 is 0. The van der Waals surface area contributed by atoms with Crippen LogP contribution in [0.25, 0.3) is 44.5 Å². The molecule has 0 aliphatic heterocycles. The van der Waals surface area contributed by atoms with Gasteiger partial charge >= 0.3 is 0 Å². The van der Waals surface area contributed by atoms with Crippen molar-refractivity contribution < 1.29 is 0 Å². The van der Waals surface area contributed by atoms with Crippen LogP contribution < -0.4 is 4.90 Å². The summed E-state index contributed by atoms with van der Waals surface area (Å²) in [7, 11) is 0. The van der Waals surface area contributed by atoms with Crippen molar-refractivity contribution in [2.24, 2.45) is 0 Å². The Hall–Kier alpha value is -7.22. The molecule has 0 N–H and O–H groups in total. The van der Waals surface area contributed by atoms with E-state index < -0.39 is 5.41 Å². The van der Waals surface area contributed by atoms with Crippen molar-refractivity contribution in [1.82, 2.24) is 0 Å². The van der Waals surface area contributed by atoms with E-state index in [1.54, 1.807) is 0 Å². The number of rotatable bonds is 6. The molecule has 0 aromatic heterocycles. The molecule has 0 heterocycles. The van der Waals surface area contributed by atoms with Crippen molar-refractivity contribution in [1.29, 1.82) is 0 Å². The van der Waals surface area contributed by atoms with Crippen molar-refractivity contribution in [3.63, 3.8) is 0 Å². The van der Waals surface area contributed by atoms with Crippen LogP contribution in [0.2, 0.25) is 0 Å². The molecule has 1 nitrogen and oxygen atoms in total. The summed E-state index contributed by atoms with van der Waals surface area (Å²) in [5.74, 6) is 0. The molecule has 1 heteroatoms. The smallest absolute Gasteiger partial charge is 0.0714 e. The fourth-order valence-corrected chi connectivity index (χ4v) is 11.6. The van der Waals surface area contributed by atoms with Gasteiger partial charge in [0.05, 0.1) is 5.41 Å². The second-order valence-corrected chi connectivity index (χ2v) is 18.5. The predicted octanol–water partition coefficient (Wildman–Crippen LogP) is 15.8. The van der Waals surface area contributed by atoms with E-state index in [2.05, 4.69) is 245 Å². The first-order chi connectivity index (χ1) is 30.3. The van der Waals surface area contributed by atoms with Crippen LogP contribution >= 0.6 is 0 Å². The summed E-state index contributed by atoms with van der Waals surface area (Å²) in [4.78, 5) is 2.50. The third kappa shape index (κ3) is 5.09. The maximum Gasteiger partial charge on any atom is 0.0714 e. The molecule has 0 atom stereocenters. The number of hydrogen-bond acceptors (Lipinski definition) is 1. The molecular weight excluding hydrogens is 747 g/mol. The Morgan fingerprint density at radius 3 is 1.26 bits per heavy atom. The van der Waals surface area contributed by atoms with E-state index in [-0.39, 0.29) is 10.8 Å². The first-order valence-electron chi connectivity index (χ1n) is 22.0. The van der Waals surface area contributed by atoms with E-state index in [4.69, 9.17) is 0 Å². The Balaban J connectivity index is 1.08. The molecule has 0 amide bonds. The minimum Gasteiger partial charge on any atom is -0.310 e. The molecular formula is C61H47N. The van der Waals surface area contributed by atoms with Gasteiger partial charge in [0.25, 0.3) is 0 Å². The average molecular weight is 794 g/mol. The summed E-state index contributed by atoms with van der Waals surface area (Å²) >= 11 is 0. The predicted molar refractivity (Wildman–Crippen MR) is 259 cm³/mol. The third-order valence-electron chi connectivity index (χ3n) is 14.5. The molecule has 0 spiro atoms. The first kappa shape index (κ1) is 36.6. The van der Waals surface area contributed by atoms with Gasteiger partial charge in [0.2, 0.25) is 0 Å². The molecule has 9 aromatic rings. The van der Waals surface area contributed by atoms with E-state index >= 15 is 0 Å². The molecule has 0 fully saturated rings. The Morgan fingerprint density at radius 1 is 0.274 bits per heavy atom. The van der Waals surface area contributed by atoms with Crippen LogP contribution in [0.4, 0.5) is 17.1 Å². The second-order valence-electron chi connectivity index (χ2n) is 18.5. The van der Waals surface area contributed by atoms with E-state index in [9.17, 15) is 0 Å². The van der Waals surface area contributed by atoms with Gasteiger partial charge in [-0.2, -0.15) is 0 Å². The molecule has 296 valence electrons. The van der Waals surface area contributed by atoms with Crippen molar-refractivity contribution in [2.45, 2.75) is 43.9 Å². The molecule has 3 aliphatic carbocycles. The monoisotopic (exact) mass is 793 g/mol. The highest BCUT2D eigenvalue weighted by Gasteiger charge is 2.46. The number of benzene rings is 9. The van der Waals surface area contributed by atoms with Crippen molar-refractivity contribution in [3.05, 3.63) is 257 Å². The zero-order valence-corrected chi connectivity index (χ0v) is 35.7. The summed E-state index contributed by atoms with van der Waals surface area (Å²) in [6, 6.07) is 79.8. The van der Waals surface area contributed by atoms with Gasteiger partial charge in [-0.1, -0.05) is 198 Å². The van der Waals surface area contributed by atoms with E-state index in [1.165, 1.54) is 89.0 Å². The maximum atomic E-state index is 2.50. The van der Waals surface area contributed by atoms with Crippen LogP contribution in [0, 0.1) is 0 Å². The zero-order valence-electron chi connectivity index (χ0n) is 35.7. The molecule has 62 heavy (non-hydrogen) atoms. The summed E-state index contributed by atoms with van der Waals surface area (Å²) in [6.07, 6.45) is 0.